The molecule has 2 atom stereocenters. The summed E-state index contributed by atoms with van der Waals surface area (Å²) >= 11 is 0. The number of hydrogen-bond acceptors (Lipinski definition) is 3. The van der Waals surface area contributed by atoms with Crippen LogP contribution in [-0.4, -0.2) is 63.0 Å². The number of piperidine rings is 1. The number of aryl methyl sites for hydroxylation is 1. The number of likely N-dealkylation sites (tertiary alicyclic amines) is 1. The fourth-order valence-corrected chi connectivity index (χ4v) is 3.84. The van der Waals surface area contributed by atoms with Crippen LogP contribution < -0.4 is 5.32 Å². The van der Waals surface area contributed by atoms with Crippen LogP contribution in [0.1, 0.15) is 49.7 Å². The minimum atomic E-state index is 0.320. The van der Waals surface area contributed by atoms with Gasteiger partial charge in [-0.05, 0) is 44.1 Å². The van der Waals surface area contributed by atoms with Crippen molar-refractivity contribution in [3.8, 4) is 0 Å². The number of guanidine groups is 1. The van der Waals surface area contributed by atoms with E-state index in [1.165, 1.54) is 17.5 Å². The highest BCUT2D eigenvalue weighted by Gasteiger charge is 2.24. The van der Waals surface area contributed by atoms with Crippen LogP contribution in [0, 0.1) is 6.92 Å². The molecule has 2 aliphatic heterocycles. The van der Waals surface area contributed by atoms with Gasteiger partial charge in [-0.1, -0.05) is 36.8 Å². The van der Waals surface area contributed by atoms with Gasteiger partial charge in [0, 0.05) is 33.3 Å². The zero-order valence-corrected chi connectivity index (χ0v) is 17.1. The van der Waals surface area contributed by atoms with Crippen LogP contribution in [-0.2, 0) is 9.47 Å². The third-order valence-electron chi connectivity index (χ3n) is 5.71. The molecule has 2 fully saturated rings. The van der Waals surface area contributed by atoms with Crippen LogP contribution in [0.4, 0.5) is 0 Å². The van der Waals surface area contributed by atoms with Crippen LogP contribution in [0.3, 0.4) is 0 Å². The van der Waals surface area contributed by atoms with Crippen LogP contribution >= 0.6 is 0 Å². The van der Waals surface area contributed by atoms with Gasteiger partial charge in [-0.2, -0.15) is 0 Å². The summed E-state index contributed by atoms with van der Waals surface area (Å²) in [5.74, 6) is 1.46. The summed E-state index contributed by atoms with van der Waals surface area (Å²) in [6.45, 7) is 8.93. The summed E-state index contributed by atoms with van der Waals surface area (Å²) < 4.78 is 11.7. The van der Waals surface area contributed by atoms with Crippen LogP contribution in [0.5, 0.6) is 0 Å². The number of benzene rings is 1. The molecule has 0 aromatic heterocycles. The Morgan fingerprint density at radius 3 is 2.63 bits per heavy atom. The summed E-state index contributed by atoms with van der Waals surface area (Å²) in [7, 11) is 1.87. The lowest BCUT2D eigenvalue weighted by atomic mass is 10.00. The Morgan fingerprint density at radius 1 is 1.26 bits per heavy atom. The van der Waals surface area contributed by atoms with Gasteiger partial charge in [0.15, 0.2) is 5.96 Å². The Hall–Kier alpha value is -1.59. The number of nitrogens with zero attached hydrogens (tertiary/aromatic N) is 2. The Labute approximate surface area is 164 Å². The SMILES string of the molecule is CN=C(NCC(C)c1ccc(C)cc1)N1CCC(OCC2CCCO2)CC1. The summed E-state index contributed by atoms with van der Waals surface area (Å²) in [4.78, 5) is 6.85. The maximum Gasteiger partial charge on any atom is 0.193 e. The van der Waals surface area contributed by atoms with Gasteiger partial charge in [0.1, 0.15) is 0 Å². The quantitative estimate of drug-likeness (QED) is 0.614. The van der Waals surface area contributed by atoms with Crippen LogP contribution in [0.15, 0.2) is 29.3 Å². The van der Waals surface area contributed by atoms with Gasteiger partial charge in [0.2, 0.25) is 0 Å². The average molecular weight is 374 g/mol. The van der Waals surface area contributed by atoms with E-state index in [1.54, 1.807) is 0 Å². The number of rotatable bonds is 6. The van der Waals surface area contributed by atoms with E-state index >= 15 is 0 Å². The van der Waals surface area contributed by atoms with Crippen molar-refractivity contribution in [2.75, 3.05) is 39.9 Å². The molecule has 0 bridgehead atoms. The van der Waals surface area contributed by atoms with Crippen LogP contribution in [0.25, 0.3) is 0 Å². The van der Waals surface area contributed by atoms with Gasteiger partial charge < -0.3 is 19.7 Å². The lowest BCUT2D eigenvalue weighted by Gasteiger charge is -2.34. The van der Waals surface area contributed by atoms with Crippen molar-refractivity contribution in [2.45, 2.75) is 57.7 Å². The highest BCUT2D eigenvalue weighted by molar-refractivity contribution is 5.80. The molecule has 1 N–H and O–H groups in total. The molecular weight excluding hydrogens is 338 g/mol. The zero-order valence-electron chi connectivity index (χ0n) is 17.1. The molecule has 0 radical (unpaired) electrons. The Bertz CT molecular complexity index is 588. The van der Waals surface area contributed by atoms with E-state index in [9.17, 15) is 0 Å². The summed E-state index contributed by atoms with van der Waals surface area (Å²) in [5.41, 5.74) is 2.67. The van der Waals surface area contributed by atoms with E-state index in [2.05, 4.69) is 53.3 Å². The van der Waals surface area contributed by atoms with Gasteiger partial charge in [-0.3, -0.25) is 4.99 Å². The topological polar surface area (TPSA) is 46.1 Å². The van der Waals surface area contributed by atoms with E-state index in [-0.39, 0.29) is 0 Å². The molecule has 2 saturated heterocycles. The highest BCUT2D eigenvalue weighted by Crippen LogP contribution is 2.18. The largest absolute Gasteiger partial charge is 0.376 e. The van der Waals surface area contributed by atoms with Crippen LogP contribution in [0.2, 0.25) is 0 Å². The van der Waals surface area contributed by atoms with Crippen molar-refractivity contribution in [1.82, 2.24) is 10.2 Å². The molecule has 3 rings (SSSR count). The van der Waals surface area contributed by atoms with Gasteiger partial charge >= 0.3 is 0 Å². The second kappa shape index (κ2) is 10.1. The molecule has 1 aromatic carbocycles. The van der Waals surface area contributed by atoms with Gasteiger partial charge in [0.25, 0.3) is 0 Å². The van der Waals surface area contributed by atoms with Crippen molar-refractivity contribution >= 4 is 5.96 Å². The first-order valence-corrected chi connectivity index (χ1v) is 10.4. The van der Waals surface area contributed by atoms with Gasteiger partial charge in [-0.15, -0.1) is 0 Å². The van der Waals surface area contributed by atoms with Gasteiger partial charge in [-0.25, -0.2) is 0 Å². The molecule has 0 saturated carbocycles. The number of nitrogens with one attached hydrogen (secondary N) is 1. The van der Waals surface area contributed by atoms with E-state index < -0.39 is 0 Å². The average Bonchev–Trinajstić information content (AvgIpc) is 3.22. The van der Waals surface area contributed by atoms with Crippen molar-refractivity contribution in [3.05, 3.63) is 35.4 Å². The first kappa shape index (κ1) is 20.2. The lowest BCUT2D eigenvalue weighted by molar-refractivity contribution is -0.0367. The predicted molar refractivity (Wildman–Crippen MR) is 110 cm³/mol. The van der Waals surface area contributed by atoms with Crippen molar-refractivity contribution < 1.29 is 9.47 Å². The minimum Gasteiger partial charge on any atom is -0.376 e. The molecule has 150 valence electrons. The monoisotopic (exact) mass is 373 g/mol. The Balaban J connectivity index is 1.40. The van der Waals surface area contributed by atoms with E-state index in [0.717, 1.165) is 58.1 Å². The molecule has 5 heteroatoms. The molecule has 2 heterocycles. The van der Waals surface area contributed by atoms with Crippen molar-refractivity contribution in [1.29, 1.82) is 0 Å². The van der Waals surface area contributed by atoms with Crippen molar-refractivity contribution in [3.63, 3.8) is 0 Å². The number of hydrogen-bond donors (Lipinski definition) is 1. The summed E-state index contributed by atoms with van der Waals surface area (Å²) in [5, 5.41) is 3.56. The van der Waals surface area contributed by atoms with E-state index in [1.807, 2.05) is 7.05 Å². The summed E-state index contributed by atoms with van der Waals surface area (Å²) in [6, 6.07) is 8.81. The van der Waals surface area contributed by atoms with Crippen molar-refractivity contribution in [2.24, 2.45) is 4.99 Å². The number of ether oxygens (including phenoxy) is 2. The second-order valence-corrected chi connectivity index (χ2v) is 7.89. The highest BCUT2D eigenvalue weighted by atomic mass is 16.5. The first-order chi connectivity index (χ1) is 13.2. The molecule has 0 aliphatic carbocycles. The minimum absolute atomic E-state index is 0.320. The molecule has 27 heavy (non-hydrogen) atoms. The van der Waals surface area contributed by atoms with E-state index in [0.29, 0.717) is 18.1 Å². The molecule has 1 aromatic rings. The maximum atomic E-state index is 6.08. The molecule has 2 unspecified atom stereocenters. The molecule has 0 amide bonds. The third kappa shape index (κ3) is 5.94. The third-order valence-corrected chi connectivity index (χ3v) is 5.71. The maximum absolute atomic E-state index is 6.08. The Morgan fingerprint density at radius 2 is 2.00 bits per heavy atom. The predicted octanol–water partition coefficient (Wildman–Crippen LogP) is 3.33. The Kier molecular flexibility index (Phi) is 7.53. The summed E-state index contributed by atoms with van der Waals surface area (Å²) in [6.07, 6.45) is 5.11. The molecule has 2 aliphatic rings. The standard InChI is InChI=1S/C22H35N3O2/c1-17-6-8-19(9-7-17)18(2)15-24-22(23-3)25-12-10-20(11-13-25)27-16-21-5-4-14-26-21/h6-9,18,20-21H,4-5,10-16H2,1-3H3,(H,23,24). The zero-order chi connectivity index (χ0) is 19.1. The molecule has 0 spiro atoms. The molecular formula is C22H35N3O2. The second-order valence-electron chi connectivity index (χ2n) is 7.89. The van der Waals surface area contributed by atoms with E-state index in [4.69, 9.17) is 9.47 Å². The normalized spacial score (nSPS) is 22.9. The van der Waals surface area contributed by atoms with Gasteiger partial charge in [0.05, 0.1) is 18.8 Å². The lowest BCUT2D eigenvalue weighted by Crippen LogP contribution is -2.47. The molecule has 5 nitrogen and oxygen atoms in total. The smallest absolute Gasteiger partial charge is 0.193 e. The fraction of sp³-hybridized carbons (Fsp3) is 0.682. The first-order valence-electron chi connectivity index (χ1n) is 10.4. The fourth-order valence-electron chi connectivity index (χ4n) is 3.84. The number of aliphatic imine (C=N–C) groups is 1.